The Morgan fingerprint density at radius 1 is 1.02 bits per heavy atom. The molecule has 42 heavy (non-hydrogen) atoms. The minimum absolute atomic E-state index is 0.0901. The Morgan fingerprint density at radius 3 is 2.29 bits per heavy atom. The number of hydrogen-bond acceptors (Lipinski definition) is 3. The second-order valence-electron chi connectivity index (χ2n) is 12.5. The summed E-state index contributed by atoms with van der Waals surface area (Å²) in [6.07, 6.45) is -1.76. The van der Waals surface area contributed by atoms with Gasteiger partial charge in [0, 0.05) is 25.1 Å². The Kier molecular flexibility index (Phi) is 7.92. The van der Waals surface area contributed by atoms with Gasteiger partial charge in [-0.05, 0) is 92.7 Å². The largest absolute Gasteiger partial charge is 0.481 e. The second kappa shape index (κ2) is 10.9. The highest BCUT2D eigenvalue weighted by Crippen LogP contribution is 2.53. The topological polar surface area (TPSA) is 66.8 Å². The monoisotopic (exact) mass is 593 g/mol. The summed E-state index contributed by atoms with van der Waals surface area (Å²) in [6, 6.07) is 9.88. The number of fused-ring (bicyclic) bond motifs is 3. The van der Waals surface area contributed by atoms with Crippen LogP contribution in [0.5, 0.6) is 0 Å². The average Bonchev–Trinajstić information content (AvgIpc) is 3.32. The third kappa shape index (κ3) is 5.09. The maximum Gasteiger partial charge on any atom is 0.426 e. The molecule has 1 aliphatic heterocycles. The summed E-state index contributed by atoms with van der Waals surface area (Å²) in [7, 11) is 1.52. The van der Waals surface area contributed by atoms with Crippen molar-refractivity contribution in [2.24, 2.45) is 11.3 Å². The quantitative estimate of drug-likeness (QED) is 0.372. The van der Waals surface area contributed by atoms with E-state index < -0.39 is 45.9 Å². The Bertz CT molecular complexity index is 1330. The minimum Gasteiger partial charge on any atom is -0.481 e. The zero-order chi connectivity index (χ0) is 30.5. The van der Waals surface area contributed by atoms with E-state index in [2.05, 4.69) is 0 Å². The maximum absolute atomic E-state index is 15.0. The molecule has 1 heterocycles. The van der Waals surface area contributed by atoms with Crippen LogP contribution in [-0.2, 0) is 38.3 Å². The smallest absolute Gasteiger partial charge is 0.426 e. The highest BCUT2D eigenvalue weighted by molar-refractivity contribution is 5.84. The fourth-order valence-electron chi connectivity index (χ4n) is 7.65. The van der Waals surface area contributed by atoms with E-state index in [-0.39, 0.29) is 18.6 Å². The fraction of sp³-hybridized carbons (Fsp3) is 0.562. The number of benzene rings is 2. The number of carboxylic acid groups (broad SMARTS) is 1. The minimum atomic E-state index is -5.07. The van der Waals surface area contributed by atoms with Gasteiger partial charge in [0.2, 0.25) is 11.6 Å². The molecule has 2 fully saturated rings. The number of ether oxygens (including phenoxy) is 1. The van der Waals surface area contributed by atoms with Crippen LogP contribution in [-0.4, -0.2) is 54.4 Å². The van der Waals surface area contributed by atoms with Crippen LogP contribution in [0.25, 0.3) is 0 Å². The van der Waals surface area contributed by atoms with Crippen molar-refractivity contribution in [3.63, 3.8) is 0 Å². The summed E-state index contributed by atoms with van der Waals surface area (Å²) in [5, 5.41) is 9.51. The van der Waals surface area contributed by atoms with Gasteiger partial charge in [-0.1, -0.05) is 30.3 Å². The SMILES string of the molecule is COCC1(C(=O)N2CC[C@@]3(Cc4ccc(F)cc4)c4ccc(C(C)(F)C(F)(F)F)cc4CC[C@@H]23)CCC(C(=O)O)CC1. The van der Waals surface area contributed by atoms with Gasteiger partial charge in [-0.2, -0.15) is 13.2 Å². The number of likely N-dealkylation sites (tertiary alicyclic amines) is 1. The van der Waals surface area contributed by atoms with Gasteiger partial charge in [0.1, 0.15) is 5.82 Å². The van der Waals surface area contributed by atoms with Crippen LogP contribution < -0.4 is 0 Å². The molecule has 1 saturated carbocycles. The molecular weight excluding hydrogens is 557 g/mol. The summed E-state index contributed by atoms with van der Waals surface area (Å²) in [4.78, 5) is 27.8. The molecule has 2 aromatic rings. The Balaban J connectivity index is 1.54. The predicted octanol–water partition coefficient (Wildman–Crippen LogP) is 6.51. The second-order valence-corrected chi connectivity index (χ2v) is 12.5. The van der Waals surface area contributed by atoms with E-state index in [1.54, 1.807) is 18.2 Å². The van der Waals surface area contributed by atoms with Gasteiger partial charge in [0.05, 0.1) is 17.9 Å². The van der Waals surface area contributed by atoms with Crippen molar-refractivity contribution in [3.8, 4) is 0 Å². The van der Waals surface area contributed by atoms with E-state index in [1.165, 1.54) is 31.4 Å². The predicted molar refractivity (Wildman–Crippen MR) is 145 cm³/mol. The first kappa shape index (κ1) is 30.4. The highest BCUT2D eigenvalue weighted by Gasteiger charge is 2.57. The van der Waals surface area contributed by atoms with Crippen molar-refractivity contribution in [2.45, 2.75) is 81.6 Å². The number of rotatable bonds is 7. The van der Waals surface area contributed by atoms with Crippen LogP contribution in [0.2, 0.25) is 0 Å². The number of carbonyl (C=O) groups is 2. The van der Waals surface area contributed by atoms with Gasteiger partial charge in [0.15, 0.2) is 0 Å². The fourth-order valence-corrected chi connectivity index (χ4v) is 7.65. The normalized spacial score (nSPS) is 29.0. The van der Waals surface area contributed by atoms with E-state index >= 15 is 0 Å². The number of alkyl halides is 4. The third-order valence-electron chi connectivity index (χ3n) is 10.1. The maximum atomic E-state index is 15.0. The van der Waals surface area contributed by atoms with E-state index in [0.717, 1.165) is 11.1 Å². The summed E-state index contributed by atoms with van der Waals surface area (Å²) in [5.41, 5.74) is -3.26. The molecule has 1 N–H and O–H groups in total. The lowest BCUT2D eigenvalue weighted by Gasteiger charge is -2.47. The first-order valence-corrected chi connectivity index (χ1v) is 14.4. The highest BCUT2D eigenvalue weighted by atomic mass is 19.4. The van der Waals surface area contributed by atoms with E-state index in [1.807, 2.05) is 4.90 Å². The van der Waals surface area contributed by atoms with Crippen LogP contribution in [0.1, 0.15) is 67.7 Å². The number of nitrogens with zero attached hydrogens (tertiary/aromatic N) is 1. The van der Waals surface area contributed by atoms with Gasteiger partial charge in [0.25, 0.3) is 0 Å². The summed E-state index contributed by atoms with van der Waals surface area (Å²) < 4.78 is 74.9. The lowest BCUT2D eigenvalue weighted by Crippen LogP contribution is -2.55. The first-order valence-electron chi connectivity index (χ1n) is 14.4. The van der Waals surface area contributed by atoms with Gasteiger partial charge < -0.3 is 14.7 Å². The van der Waals surface area contributed by atoms with Crippen molar-refractivity contribution in [1.82, 2.24) is 4.90 Å². The zero-order valence-corrected chi connectivity index (χ0v) is 23.8. The molecule has 5 nitrogen and oxygen atoms in total. The third-order valence-corrected chi connectivity index (χ3v) is 10.1. The Labute approximate surface area is 242 Å². The number of halogens is 5. The van der Waals surface area contributed by atoms with Gasteiger partial charge in [-0.25, -0.2) is 8.78 Å². The molecule has 2 aliphatic carbocycles. The van der Waals surface area contributed by atoms with Crippen molar-refractivity contribution in [3.05, 3.63) is 70.5 Å². The number of hydrogen-bond donors (Lipinski definition) is 1. The molecule has 0 radical (unpaired) electrons. The zero-order valence-electron chi connectivity index (χ0n) is 23.8. The van der Waals surface area contributed by atoms with Crippen LogP contribution >= 0.6 is 0 Å². The van der Waals surface area contributed by atoms with Gasteiger partial charge in [-0.3, -0.25) is 9.59 Å². The molecule has 228 valence electrons. The van der Waals surface area contributed by atoms with E-state index in [9.17, 15) is 36.6 Å². The van der Waals surface area contributed by atoms with Crippen molar-refractivity contribution in [2.75, 3.05) is 20.3 Å². The van der Waals surface area contributed by atoms with Crippen molar-refractivity contribution >= 4 is 11.9 Å². The van der Waals surface area contributed by atoms with Crippen LogP contribution in [0, 0.1) is 17.2 Å². The average molecular weight is 594 g/mol. The summed E-state index contributed by atoms with van der Waals surface area (Å²) in [5.74, 6) is -1.86. The summed E-state index contributed by atoms with van der Waals surface area (Å²) in [6.45, 7) is 1.10. The number of carbonyl (C=O) groups excluding carboxylic acids is 1. The summed E-state index contributed by atoms with van der Waals surface area (Å²) >= 11 is 0. The lowest BCUT2D eigenvalue weighted by molar-refractivity contribution is -0.228. The molecule has 0 bridgehead atoms. The van der Waals surface area contributed by atoms with E-state index in [0.29, 0.717) is 70.4 Å². The molecule has 3 aliphatic rings. The van der Waals surface area contributed by atoms with E-state index in [4.69, 9.17) is 4.74 Å². The lowest BCUT2D eigenvalue weighted by atomic mass is 9.63. The van der Waals surface area contributed by atoms with Crippen LogP contribution in [0.4, 0.5) is 22.0 Å². The molecule has 1 unspecified atom stereocenters. The van der Waals surface area contributed by atoms with Crippen LogP contribution in [0.3, 0.4) is 0 Å². The number of methoxy groups -OCH3 is 1. The standard InChI is InChI=1S/C32H36F5NO4/c1-29(34,32(35,36)37)23-6-9-25-22(17-23)5-10-26-31(25,18-20-3-7-24(33)8-4-20)15-16-38(26)28(41)30(19-42-2)13-11-21(12-14-30)27(39)40/h3-4,6-9,17,21,26H,5,10-16,18-19H2,1-2H3,(H,39,40)/t21?,26-,29?,30?,31-/m1/s1. The Hall–Kier alpha value is -3.01. The molecule has 1 saturated heterocycles. The van der Waals surface area contributed by atoms with Crippen molar-refractivity contribution < 1.29 is 41.4 Å². The van der Waals surface area contributed by atoms with Gasteiger partial charge in [-0.15, -0.1) is 0 Å². The molecule has 1 amide bonds. The molecule has 5 rings (SSSR count). The van der Waals surface area contributed by atoms with Gasteiger partial charge >= 0.3 is 12.1 Å². The molecule has 3 atom stereocenters. The molecule has 2 aromatic carbocycles. The molecular formula is C32H36F5NO4. The molecule has 0 aromatic heterocycles. The van der Waals surface area contributed by atoms with Crippen molar-refractivity contribution in [1.29, 1.82) is 0 Å². The first-order chi connectivity index (χ1) is 19.7. The number of carboxylic acids is 1. The molecule has 0 spiro atoms. The number of aryl methyl sites for hydroxylation is 1. The Morgan fingerprint density at radius 2 is 1.69 bits per heavy atom. The number of aliphatic carboxylic acids is 1. The van der Waals surface area contributed by atoms with Crippen LogP contribution in [0.15, 0.2) is 42.5 Å². The molecule has 10 heteroatoms. The number of amides is 1.